The largest absolute Gasteiger partial charge is 0.489 e. The van der Waals surface area contributed by atoms with E-state index in [0.717, 1.165) is 48.7 Å². The first kappa shape index (κ1) is 27.0. The number of aromatic nitrogens is 3. The third-order valence-corrected chi connectivity index (χ3v) is 8.56. The highest BCUT2D eigenvalue weighted by molar-refractivity contribution is 6.01. The second-order valence-electron chi connectivity index (χ2n) is 12.2. The van der Waals surface area contributed by atoms with E-state index in [2.05, 4.69) is 5.10 Å². The van der Waals surface area contributed by atoms with E-state index in [-0.39, 0.29) is 42.9 Å². The minimum atomic E-state index is -1.43. The van der Waals surface area contributed by atoms with E-state index in [9.17, 15) is 18.7 Å². The number of halogens is 2. The van der Waals surface area contributed by atoms with Crippen molar-refractivity contribution < 1.29 is 28.2 Å². The summed E-state index contributed by atoms with van der Waals surface area (Å²) in [6.07, 6.45) is 5.72. The zero-order chi connectivity index (χ0) is 29.4. The highest BCUT2D eigenvalue weighted by Gasteiger charge is 2.48. The molecule has 0 unspecified atom stereocenters. The second-order valence-corrected chi connectivity index (χ2v) is 12.2. The molecular weight excluding hydrogens is 542 g/mol. The third-order valence-electron chi connectivity index (χ3n) is 8.56. The van der Waals surface area contributed by atoms with Gasteiger partial charge in [0.2, 0.25) is 0 Å². The van der Waals surface area contributed by atoms with E-state index >= 15 is 0 Å². The summed E-state index contributed by atoms with van der Waals surface area (Å²) in [6, 6.07) is 8.83. The maximum Gasteiger partial charge on any atom is 0.163 e. The number of benzene rings is 2. The predicted molar refractivity (Wildman–Crippen MR) is 151 cm³/mol. The van der Waals surface area contributed by atoms with Gasteiger partial charge < -0.3 is 20.3 Å². The Morgan fingerprint density at radius 1 is 1.19 bits per heavy atom. The molecule has 3 N–H and O–H groups in total. The molecule has 3 aliphatic rings. The Labute approximate surface area is 241 Å². The molecule has 0 spiro atoms. The maximum absolute atomic E-state index is 14.2. The van der Waals surface area contributed by atoms with Crippen molar-refractivity contribution in [3.8, 4) is 22.8 Å². The normalized spacial score (nSPS) is 21.2. The Morgan fingerprint density at radius 3 is 2.69 bits per heavy atom. The van der Waals surface area contributed by atoms with E-state index < -0.39 is 22.8 Å². The number of carbonyl (C=O) groups is 1. The van der Waals surface area contributed by atoms with E-state index in [4.69, 9.17) is 20.2 Å². The number of nitrogens with zero attached hydrogens (tertiary/aromatic N) is 3. The van der Waals surface area contributed by atoms with E-state index in [1.54, 1.807) is 16.8 Å². The SMILES string of the molecule is Cn1cc2cc(C(=O)CC[C@](O)(c3cc4c(c(-c5ccc(F)c(F)c5)n3)OC[C@]4(C)N)C3CC3)cc(OC3CC3)c2n1. The van der Waals surface area contributed by atoms with Crippen molar-refractivity contribution in [1.82, 2.24) is 14.8 Å². The van der Waals surface area contributed by atoms with Gasteiger partial charge >= 0.3 is 0 Å². The smallest absolute Gasteiger partial charge is 0.163 e. The molecule has 7 rings (SSSR count). The summed E-state index contributed by atoms with van der Waals surface area (Å²) >= 11 is 0. The van der Waals surface area contributed by atoms with Crippen LogP contribution in [-0.4, -0.2) is 38.4 Å². The number of pyridine rings is 1. The van der Waals surface area contributed by atoms with Crippen molar-refractivity contribution in [2.45, 2.75) is 62.7 Å². The fourth-order valence-corrected chi connectivity index (χ4v) is 5.85. The standard InChI is InChI=1S/C32H32F2N4O4/c1-31(35)16-41-30-22(31)14-27(36-29(30)17-3-8-23(33)24(34)12-17)32(40,20-4-5-20)10-9-25(39)18-11-19-15-38(2)37-28(19)26(13-18)42-21-6-7-21/h3,8,11-15,20-21,40H,4-7,9-10,16,35H2,1-2H3/t31-,32+/m0/s1. The fourth-order valence-electron chi connectivity index (χ4n) is 5.85. The average Bonchev–Trinajstić information content (AvgIpc) is 3.89. The second kappa shape index (κ2) is 9.57. The molecular formula is C32H32F2N4O4. The zero-order valence-electron chi connectivity index (χ0n) is 23.5. The van der Waals surface area contributed by atoms with Crippen LogP contribution in [0.5, 0.6) is 11.5 Å². The lowest BCUT2D eigenvalue weighted by atomic mass is 9.83. The summed E-state index contributed by atoms with van der Waals surface area (Å²) in [5.74, 6) is -1.24. The van der Waals surface area contributed by atoms with Crippen LogP contribution in [0.25, 0.3) is 22.2 Å². The molecule has 0 bridgehead atoms. The number of nitrogens with two attached hydrogens (primary N) is 1. The molecule has 218 valence electrons. The van der Waals surface area contributed by atoms with Crippen LogP contribution in [-0.2, 0) is 18.2 Å². The Bertz CT molecular complexity index is 1740. The molecule has 10 heteroatoms. The molecule has 0 amide bonds. The number of Topliss-reactive ketones (excluding diaryl/α,β-unsaturated/α-hetero) is 1. The molecule has 0 radical (unpaired) electrons. The van der Waals surface area contributed by atoms with Gasteiger partial charge in [0.15, 0.2) is 23.2 Å². The number of ether oxygens (including phenoxy) is 2. The fraction of sp³-hybridized carbons (Fsp3) is 0.406. The Kier molecular flexibility index (Phi) is 6.15. The van der Waals surface area contributed by atoms with Crippen molar-refractivity contribution in [1.29, 1.82) is 0 Å². The molecule has 2 atom stereocenters. The molecule has 2 aromatic heterocycles. The molecule has 8 nitrogen and oxygen atoms in total. The van der Waals surface area contributed by atoms with Crippen molar-refractivity contribution >= 4 is 16.7 Å². The first-order chi connectivity index (χ1) is 20.0. The maximum atomic E-state index is 14.2. The van der Waals surface area contributed by atoms with Gasteiger partial charge in [-0.05, 0) is 81.3 Å². The van der Waals surface area contributed by atoms with Gasteiger partial charge in [-0.2, -0.15) is 5.10 Å². The molecule has 2 aliphatic carbocycles. The third kappa shape index (κ3) is 4.72. The number of fused-ring (bicyclic) bond motifs is 2. The minimum Gasteiger partial charge on any atom is -0.489 e. The first-order valence-electron chi connectivity index (χ1n) is 14.3. The lowest BCUT2D eigenvalue weighted by molar-refractivity contribution is -0.00116. The molecule has 42 heavy (non-hydrogen) atoms. The summed E-state index contributed by atoms with van der Waals surface area (Å²) in [5, 5.41) is 17.5. The number of rotatable bonds is 9. The van der Waals surface area contributed by atoms with Gasteiger partial charge in [0, 0.05) is 41.7 Å². The number of aryl methyl sites for hydroxylation is 1. The van der Waals surface area contributed by atoms with Gasteiger partial charge in [0.25, 0.3) is 0 Å². The summed E-state index contributed by atoms with van der Waals surface area (Å²) in [4.78, 5) is 18.4. The summed E-state index contributed by atoms with van der Waals surface area (Å²) in [6.45, 7) is 1.99. The van der Waals surface area contributed by atoms with Crippen LogP contribution >= 0.6 is 0 Å². The number of ketones is 1. The molecule has 3 heterocycles. The monoisotopic (exact) mass is 574 g/mol. The van der Waals surface area contributed by atoms with Gasteiger partial charge in [0.1, 0.15) is 29.2 Å². The highest BCUT2D eigenvalue weighted by Crippen LogP contribution is 2.51. The van der Waals surface area contributed by atoms with E-state index in [1.807, 2.05) is 26.2 Å². The minimum absolute atomic E-state index is 0.0668. The summed E-state index contributed by atoms with van der Waals surface area (Å²) in [7, 11) is 1.83. The molecule has 1 aliphatic heterocycles. The lowest BCUT2D eigenvalue weighted by Gasteiger charge is -2.29. The quantitative estimate of drug-likeness (QED) is 0.262. The Hall–Kier alpha value is -3.89. The van der Waals surface area contributed by atoms with Crippen LogP contribution in [0.3, 0.4) is 0 Å². The topological polar surface area (TPSA) is 112 Å². The van der Waals surface area contributed by atoms with Crippen molar-refractivity contribution in [3.05, 3.63) is 71.1 Å². The van der Waals surface area contributed by atoms with Crippen molar-refractivity contribution in [2.75, 3.05) is 6.61 Å². The molecule has 4 aromatic rings. The highest BCUT2D eigenvalue weighted by atomic mass is 19.2. The average molecular weight is 575 g/mol. The lowest BCUT2D eigenvalue weighted by Crippen LogP contribution is -2.35. The summed E-state index contributed by atoms with van der Waals surface area (Å²) in [5.41, 5.74) is 7.03. The molecule has 0 saturated heterocycles. The van der Waals surface area contributed by atoms with Gasteiger partial charge in [-0.3, -0.25) is 9.48 Å². The molecule has 2 fully saturated rings. The van der Waals surface area contributed by atoms with Crippen LogP contribution in [0.2, 0.25) is 0 Å². The van der Waals surface area contributed by atoms with Gasteiger partial charge in [0.05, 0.1) is 17.3 Å². The van der Waals surface area contributed by atoms with E-state index in [1.165, 1.54) is 6.07 Å². The van der Waals surface area contributed by atoms with Gasteiger partial charge in [-0.1, -0.05) is 0 Å². The number of hydrogen-bond donors (Lipinski definition) is 2. The van der Waals surface area contributed by atoms with Gasteiger partial charge in [-0.15, -0.1) is 0 Å². The summed E-state index contributed by atoms with van der Waals surface area (Å²) < 4.78 is 41.7. The number of aliphatic hydroxyl groups is 1. The molecule has 2 saturated carbocycles. The Balaban J connectivity index is 1.24. The van der Waals surface area contributed by atoms with Crippen molar-refractivity contribution in [2.24, 2.45) is 18.7 Å². The van der Waals surface area contributed by atoms with Crippen LogP contribution in [0.4, 0.5) is 8.78 Å². The zero-order valence-corrected chi connectivity index (χ0v) is 23.5. The first-order valence-corrected chi connectivity index (χ1v) is 14.3. The van der Waals surface area contributed by atoms with Crippen LogP contribution in [0, 0.1) is 17.6 Å². The van der Waals surface area contributed by atoms with Crippen LogP contribution in [0.1, 0.15) is 67.1 Å². The number of hydrogen-bond acceptors (Lipinski definition) is 7. The molecule has 2 aromatic carbocycles. The number of carbonyl (C=O) groups excluding carboxylic acids is 1. The van der Waals surface area contributed by atoms with Gasteiger partial charge in [-0.25, -0.2) is 13.8 Å². The predicted octanol–water partition coefficient (Wildman–Crippen LogP) is 5.28. The van der Waals surface area contributed by atoms with Crippen molar-refractivity contribution in [3.63, 3.8) is 0 Å². The van der Waals surface area contributed by atoms with Crippen LogP contribution < -0.4 is 15.2 Å². The Morgan fingerprint density at radius 2 is 1.98 bits per heavy atom. The van der Waals surface area contributed by atoms with Crippen LogP contribution in [0.15, 0.2) is 42.6 Å². The van der Waals surface area contributed by atoms with E-state index in [0.29, 0.717) is 33.9 Å².